The summed E-state index contributed by atoms with van der Waals surface area (Å²) in [4.78, 5) is 42.1. The molecule has 0 saturated carbocycles. The lowest BCUT2D eigenvalue weighted by Crippen LogP contribution is -2.40. The Kier molecular flexibility index (Phi) is 6.75. The Morgan fingerprint density at radius 3 is 2.56 bits per heavy atom. The second kappa shape index (κ2) is 9.78. The van der Waals surface area contributed by atoms with E-state index in [-0.39, 0.29) is 21.8 Å². The zero-order chi connectivity index (χ0) is 26.1. The number of aromatic nitrogens is 1. The molecule has 11 heteroatoms. The lowest BCUT2D eigenvalue weighted by Gasteiger charge is -2.25. The number of carbonyl (C=O) groups is 1. The number of fused-ring (bicyclic) bond motifs is 1. The maximum atomic E-state index is 13.6. The van der Waals surface area contributed by atoms with E-state index in [1.54, 1.807) is 45.0 Å². The molecule has 2 heterocycles. The van der Waals surface area contributed by atoms with E-state index < -0.39 is 33.9 Å². The Hall–Kier alpha value is -4.25. The Morgan fingerprint density at radius 2 is 1.94 bits per heavy atom. The number of phenolic OH excluding ortho intramolecular Hbond substituents is 1. The number of benzene rings is 2. The number of methoxy groups -OCH3 is 1. The van der Waals surface area contributed by atoms with E-state index in [1.165, 1.54) is 36.0 Å². The van der Waals surface area contributed by atoms with Gasteiger partial charge in [0.2, 0.25) is 5.75 Å². The van der Waals surface area contributed by atoms with Crippen molar-refractivity contribution in [1.29, 1.82) is 0 Å². The predicted molar refractivity (Wildman–Crippen MR) is 133 cm³/mol. The van der Waals surface area contributed by atoms with E-state index in [4.69, 9.17) is 9.47 Å². The van der Waals surface area contributed by atoms with Gasteiger partial charge in [0, 0.05) is 11.6 Å². The third-order valence-electron chi connectivity index (χ3n) is 5.55. The number of hydrogen-bond donors (Lipinski definition) is 1. The van der Waals surface area contributed by atoms with Crippen LogP contribution in [0.1, 0.15) is 37.9 Å². The average Bonchev–Trinajstić information content (AvgIpc) is 3.13. The van der Waals surface area contributed by atoms with E-state index in [2.05, 4.69) is 4.99 Å². The van der Waals surface area contributed by atoms with Gasteiger partial charge in [-0.3, -0.25) is 19.5 Å². The summed E-state index contributed by atoms with van der Waals surface area (Å²) in [6.07, 6.45) is 0.999. The molecule has 10 nitrogen and oxygen atoms in total. The van der Waals surface area contributed by atoms with Crippen molar-refractivity contribution in [3.8, 4) is 11.5 Å². The van der Waals surface area contributed by atoms with Gasteiger partial charge in [0.1, 0.15) is 5.75 Å². The Labute approximate surface area is 209 Å². The predicted octanol–water partition coefficient (Wildman–Crippen LogP) is 2.81. The number of aromatic hydroxyl groups is 1. The normalized spacial score (nSPS) is 15.5. The highest BCUT2D eigenvalue weighted by Crippen LogP contribution is 2.32. The van der Waals surface area contributed by atoms with E-state index in [0.29, 0.717) is 21.8 Å². The van der Waals surface area contributed by atoms with Crippen LogP contribution in [0.4, 0.5) is 5.69 Å². The molecule has 0 aliphatic carbocycles. The molecule has 3 aromatic rings. The number of carbonyl (C=O) groups excluding carboxylic acids is 1. The lowest BCUT2D eigenvalue weighted by molar-refractivity contribution is -0.385. The molecule has 1 N–H and O–H groups in total. The van der Waals surface area contributed by atoms with Crippen LogP contribution >= 0.6 is 11.3 Å². The Balaban J connectivity index is 1.95. The van der Waals surface area contributed by atoms with Crippen molar-refractivity contribution in [1.82, 2.24) is 4.57 Å². The molecule has 1 aliphatic rings. The quantitative estimate of drug-likeness (QED) is 0.307. The molecule has 1 aliphatic heterocycles. The van der Waals surface area contributed by atoms with Crippen LogP contribution in [0.25, 0.3) is 6.08 Å². The molecule has 0 amide bonds. The molecule has 186 valence electrons. The number of ether oxygens (including phenoxy) is 2. The van der Waals surface area contributed by atoms with Crippen molar-refractivity contribution in [3.05, 3.63) is 94.7 Å². The van der Waals surface area contributed by atoms with Crippen LogP contribution in [0.2, 0.25) is 0 Å². The minimum Gasteiger partial charge on any atom is -0.502 e. The van der Waals surface area contributed by atoms with Crippen LogP contribution in [0, 0.1) is 10.1 Å². The number of thiazole rings is 1. The maximum absolute atomic E-state index is 13.6. The third kappa shape index (κ3) is 4.52. The van der Waals surface area contributed by atoms with Gasteiger partial charge in [-0.2, -0.15) is 0 Å². The third-order valence-corrected chi connectivity index (χ3v) is 6.53. The SMILES string of the molecule is COc1ccc(C2C(C(=O)OC(C)C)=C(C)N=c3s/c(=C/c4cccc([N+](=O)[O-])c4O)c(=O)n32)cc1. The van der Waals surface area contributed by atoms with Gasteiger partial charge in [-0.05, 0) is 44.5 Å². The first-order valence-corrected chi connectivity index (χ1v) is 11.8. The molecule has 0 radical (unpaired) electrons. The maximum Gasteiger partial charge on any atom is 0.338 e. The van der Waals surface area contributed by atoms with Gasteiger partial charge < -0.3 is 14.6 Å². The fourth-order valence-electron chi connectivity index (χ4n) is 3.92. The molecule has 2 aromatic carbocycles. The highest BCUT2D eigenvalue weighted by molar-refractivity contribution is 7.07. The number of hydrogen-bond acceptors (Lipinski definition) is 9. The molecule has 1 unspecified atom stereocenters. The number of nitro benzene ring substituents is 1. The summed E-state index contributed by atoms with van der Waals surface area (Å²) in [5.41, 5.74) is 0.464. The van der Waals surface area contributed by atoms with Crippen molar-refractivity contribution >= 4 is 29.1 Å². The lowest BCUT2D eigenvalue weighted by atomic mass is 9.96. The molecule has 0 saturated heterocycles. The number of para-hydroxylation sites is 1. The Morgan fingerprint density at radius 1 is 1.25 bits per heavy atom. The summed E-state index contributed by atoms with van der Waals surface area (Å²) >= 11 is 1.05. The monoisotopic (exact) mass is 509 g/mol. The minimum atomic E-state index is -0.820. The van der Waals surface area contributed by atoms with Gasteiger partial charge in [-0.1, -0.05) is 35.6 Å². The molecule has 1 atom stereocenters. The highest BCUT2D eigenvalue weighted by atomic mass is 32.1. The van der Waals surface area contributed by atoms with Gasteiger partial charge in [0.15, 0.2) is 4.80 Å². The van der Waals surface area contributed by atoms with E-state index in [9.17, 15) is 24.8 Å². The second-order valence-corrected chi connectivity index (χ2v) is 9.29. The number of rotatable bonds is 6. The number of nitrogens with zero attached hydrogens (tertiary/aromatic N) is 3. The number of allylic oxidation sites excluding steroid dienone is 1. The van der Waals surface area contributed by atoms with Gasteiger partial charge in [0.05, 0.1) is 40.0 Å². The summed E-state index contributed by atoms with van der Waals surface area (Å²) in [7, 11) is 1.54. The zero-order valence-corrected chi connectivity index (χ0v) is 20.7. The summed E-state index contributed by atoms with van der Waals surface area (Å²) in [6.45, 7) is 5.14. The number of esters is 1. The van der Waals surface area contributed by atoms with Crippen LogP contribution < -0.4 is 19.6 Å². The molecular weight excluding hydrogens is 486 g/mol. The van der Waals surface area contributed by atoms with Gasteiger partial charge in [-0.25, -0.2) is 9.79 Å². The molecule has 36 heavy (non-hydrogen) atoms. The molecule has 0 fully saturated rings. The topological polar surface area (TPSA) is 133 Å². The standard InChI is InChI=1S/C25H23N3O7S/c1-13(2)35-24(31)20-14(3)26-25-27(21(20)15-8-10-17(34-4)11-9-15)23(30)19(36-25)12-16-6-5-7-18(22(16)29)28(32)33/h5-13,21,29H,1-4H3/b19-12+. The van der Waals surface area contributed by atoms with Crippen molar-refractivity contribution in [2.45, 2.75) is 32.9 Å². The molecule has 1 aromatic heterocycles. The zero-order valence-electron chi connectivity index (χ0n) is 19.9. The van der Waals surface area contributed by atoms with Crippen molar-refractivity contribution in [2.24, 2.45) is 4.99 Å². The molecule has 0 spiro atoms. The Bertz CT molecular complexity index is 1570. The summed E-state index contributed by atoms with van der Waals surface area (Å²) < 4.78 is 12.3. The fourth-order valence-corrected chi connectivity index (χ4v) is 4.95. The largest absolute Gasteiger partial charge is 0.502 e. The summed E-state index contributed by atoms with van der Waals surface area (Å²) in [5.74, 6) is -0.519. The smallest absolute Gasteiger partial charge is 0.338 e. The van der Waals surface area contributed by atoms with Gasteiger partial charge in [-0.15, -0.1) is 0 Å². The average molecular weight is 510 g/mol. The first-order valence-electron chi connectivity index (χ1n) is 11.0. The van der Waals surface area contributed by atoms with Crippen LogP contribution in [-0.4, -0.2) is 33.8 Å². The van der Waals surface area contributed by atoms with Crippen molar-refractivity contribution in [3.63, 3.8) is 0 Å². The van der Waals surface area contributed by atoms with E-state index in [0.717, 1.165) is 11.3 Å². The van der Waals surface area contributed by atoms with Crippen LogP contribution in [0.5, 0.6) is 11.5 Å². The van der Waals surface area contributed by atoms with Crippen LogP contribution in [-0.2, 0) is 9.53 Å². The fraction of sp³-hybridized carbons (Fsp3) is 0.240. The van der Waals surface area contributed by atoms with E-state index >= 15 is 0 Å². The molecule has 4 rings (SSSR count). The summed E-state index contributed by atoms with van der Waals surface area (Å²) in [6, 6.07) is 10.2. The van der Waals surface area contributed by atoms with Crippen molar-refractivity contribution < 1.29 is 24.3 Å². The first-order chi connectivity index (χ1) is 17.1. The van der Waals surface area contributed by atoms with Crippen LogP contribution in [0.3, 0.4) is 0 Å². The number of phenols is 1. The van der Waals surface area contributed by atoms with Gasteiger partial charge >= 0.3 is 11.7 Å². The van der Waals surface area contributed by atoms with Crippen LogP contribution in [0.15, 0.2) is 63.5 Å². The molecule has 0 bridgehead atoms. The molecular formula is C25H23N3O7S. The highest BCUT2D eigenvalue weighted by Gasteiger charge is 2.34. The van der Waals surface area contributed by atoms with Crippen molar-refractivity contribution in [2.75, 3.05) is 7.11 Å². The van der Waals surface area contributed by atoms with E-state index in [1.807, 2.05) is 0 Å². The summed E-state index contributed by atoms with van der Waals surface area (Å²) in [5, 5.41) is 21.6. The number of nitro groups is 1. The minimum absolute atomic E-state index is 0.116. The van der Waals surface area contributed by atoms with Gasteiger partial charge in [0.25, 0.3) is 5.56 Å². The second-order valence-electron chi connectivity index (χ2n) is 8.28. The first kappa shape index (κ1) is 24.9.